The number of rotatable bonds is 5. The predicted molar refractivity (Wildman–Crippen MR) is 83.1 cm³/mol. The lowest BCUT2D eigenvalue weighted by molar-refractivity contribution is -0.111. The molecule has 5 heteroatoms. The fourth-order valence-corrected chi connectivity index (χ4v) is 2.33. The van der Waals surface area contributed by atoms with Crippen molar-refractivity contribution in [1.29, 1.82) is 0 Å². The summed E-state index contributed by atoms with van der Waals surface area (Å²) in [6, 6.07) is 9.48. The molecule has 110 valence electrons. The summed E-state index contributed by atoms with van der Waals surface area (Å²) >= 11 is 5.34. The molecule has 1 aromatic carbocycles. The maximum absolute atomic E-state index is 12.0. The number of nitrogens with zero attached hydrogens (tertiary/aromatic N) is 2. The Balaban J connectivity index is 2.51. The fraction of sp³-hybridized carbons (Fsp3) is 0.312. The normalized spacial score (nSPS) is 10.6. The van der Waals surface area contributed by atoms with E-state index in [1.165, 1.54) is 0 Å². The molecule has 0 aliphatic heterocycles. The molecule has 1 aromatic heterocycles. The van der Waals surface area contributed by atoms with Gasteiger partial charge in [-0.25, -0.2) is 4.68 Å². The van der Waals surface area contributed by atoms with E-state index in [-0.39, 0.29) is 18.3 Å². The largest absolute Gasteiger partial charge is 0.288 e. The third kappa shape index (κ3) is 3.58. The second-order valence-corrected chi connectivity index (χ2v) is 5.27. The molecule has 4 nitrogen and oxygen atoms in total. The highest BCUT2D eigenvalue weighted by Crippen LogP contribution is 2.15. The zero-order valence-electron chi connectivity index (χ0n) is 12.1. The van der Waals surface area contributed by atoms with Gasteiger partial charge < -0.3 is 0 Å². The highest BCUT2D eigenvalue weighted by atomic mass is 35.5. The third-order valence-corrected chi connectivity index (χ3v) is 3.53. The molecule has 1 heterocycles. The summed E-state index contributed by atoms with van der Waals surface area (Å²) in [6.07, 6.45) is 1.25. The summed E-state index contributed by atoms with van der Waals surface area (Å²) in [7, 11) is 0. The van der Waals surface area contributed by atoms with Crippen molar-refractivity contribution in [3.8, 4) is 5.69 Å². The van der Waals surface area contributed by atoms with Gasteiger partial charge in [0.2, 0.25) is 10.7 Å². The average Bonchev–Trinajstić information content (AvgIpc) is 2.46. The van der Waals surface area contributed by atoms with Crippen molar-refractivity contribution < 1.29 is 4.79 Å². The highest BCUT2D eigenvalue weighted by Gasteiger charge is 2.11. The standard InChI is InChI=1S/C16H17ClN2O2/c1-3-12-6-4-5-7-14(12)19-11(2)10-15(20)13(18-19)8-9-16(17)21/h4-7,10H,3,8-9H2,1-2H3. The van der Waals surface area contributed by atoms with Crippen molar-refractivity contribution in [3.05, 3.63) is 57.5 Å². The van der Waals surface area contributed by atoms with Crippen molar-refractivity contribution in [3.63, 3.8) is 0 Å². The molecule has 0 radical (unpaired) electrons. The van der Waals surface area contributed by atoms with Crippen LogP contribution >= 0.6 is 11.6 Å². The van der Waals surface area contributed by atoms with Gasteiger partial charge in [0.1, 0.15) is 5.69 Å². The van der Waals surface area contributed by atoms with Crippen molar-refractivity contribution >= 4 is 16.8 Å². The van der Waals surface area contributed by atoms with Crippen molar-refractivity contribution in [1.82, 2.24) is 9.78 Å². The summed E-state index contributed by atoms with van der Waals surface area (Å²) in [5, 5.41) is 3.96. The lowest BCUT2D eigenvalue weighted by Gasteiger charge is -2.14. The number of carbonyl (C=O) groups is 1. The van der Waals surface area contributed by atoms with Crippen LogP contribution in [0.1, 0.15) is 30.3 Å². The van der Waals surface area contributed by atoms with Crippen LogP contribution in [0.3, 0.4) is 0 Å². The van der Waals surface area contributed by atoms with Gasteiger partial charge in [-0.2, -0.15) is 5.10 Å². The van der Waals surface area contributed by atoms with Crippen LogP contribution < -0.4 is 5.43 Å². The highest BCUT2D eigenvalue weighted by molar-refractivity contribution is 6.63. The molecule has 0 aliphatic rings. The zero-order valence-corrected chi connectivity index (χ0v) is 12.9. The molecule has 0 atom stereocenters. The number of aromatic nitrogens is 2. The van der Waals surface area contributed by atoms with Gasteiger partial charge in [0.25, 0.3) is 0 Å². The summed E-state index contributed by atoms with van der Waals surface area (Å²) in [4.78, 5) is 22.8. The van der Waals surface area contributed by atoms with Crippen LogP contribution in [0.4, 0.5) is 0 Å². The maximum atomic E-state index is 12.0. The van der Waals surface area contributed by atoms with E-state index in [2.05, 4.69) is 12.0 Å². The first-order chi connectivity index (χ1) is 10.0. The number of benzene rings is 1. The smallest absolute Gasteiger partial charge is 0.222 e. The topological polar surface area (TPSA) is 52.0 Å². The second-order valence-electron chi connectivity index (χ2n) is 4.85. The molecule has 0 unspecified atom stereocenters. The van der Waals surface area contributed by atoms with Gasteiger partial charge in [0.05, 0.1) is 5.69 Å². The van der Waals surface area contributed by atoms with Gasteiger partial charge in [-0.05, 0) is 36.6 Å². The van der Waals surface area contributed by atoms with Crippen LogP contribution in [0.2, 0.25) is 0 Å². The minimum absolute atomic E-state index is 0.113. The van der Waals surface area contributed by atoms with Gasteiger partial charge in [-0.1, -0.05) is 25.1 Å². The molecule has 0 amide bonds. The number of hydrogen-bond donors (Lipinski definition) is 0. The van der Waals surface area contributed by atoms with Gasteiger partial charge in [0, 0.05) is 24.6 Å². The van der Waals surface area contributed by atoms with Crippen LogP contribution in [0.15, 0.2) is 35.1 Å². The first kappa shape index (κ1) is 15.4. The maximum Gasteiger partial charge on any atom is 0.222 e. The van der Waals surface area contributed by atoms with Crippen molar-refractivity contribution in [2.24, 2.45) is 0 Å². The van der Waals surface area contributed by atoms with Crippen LogP contribution in [0.5, 0.6) is 0 Å². The zero-order chi connectivity index (χ0) is 15.4. The SMILES string of the molecule is CCc1ccccc1-n1nc(CCC(=O)Cl)c(=O)cc1C. The van der Waals surface area contributed by atoms with Gasteiger partial charge in [-0.3, -0.25) is 9.59 Å². The Morgan fingerprint density at radius 2 is 2.05 bits per heavy atom. The van der Waals surface area contributed by atoms with Crippen LogP contribution in [0.25, 0.3) is 5.69 Å². The second kappa shape index (κ2) is 6.68. The number of para-hydroxylation sites is 1. The minimum Gasteiger partial charge on any atom is -0.288 e. The first-order valence-corrected chi connectivity index (χ1v) is 7.27. The molecule has 0 aliphatic carbocycles. The summed E-state index contributed by atoms with van der Waals surface area (Å²) in [6.45, 7) is 3.92. The first-order valence-electron chi connectivity index (χ1n) is 6.89. The van der Waals surface area contributed by atoms with E-state index in [0.29, 0.717) is 5.69 Å². The average molecular weight is 305 g/mol. The van der Waals surface area contributed by atoms with Crippen LogP contribution in [-0.2, 0) is 17.6 Å². The molecule has 2 rings (SSSR count). The Labute approximate surface area is 128 Å². The number of hydrogen-bond acceptors (Lipinski definition) is 3. The van der Waals surface area contributed by atoms with Crippen LogP contribution in [-0.4, -0.2) is 15.0 Å². The summed E-state index contributed by atoms with van der Waals surface area (Å²) in [5.74, 6) is 0. The number of carbonyl (C=O) groups excluding carboxylic acids is 1. The minimum atomic E-state index is -0.461. The molecule has 0 N–H and O–H groups in total. The predicted octanol–water partition coefficient (Wildman–Crippen LogP) is 2.80. The van der Waals surface area contributed by atoms with Crippen molar-refractivity contribution in [2.45, 2.75) is 33.1 Å². The van der Waals surface area contributed by atoms with Gasteiger partial charge in [-0.15, -0.1) is 0 Å². The Kier molecular flexibility index (Phi) is 4.91. The molecule has 0 saturated heterocycles. The van der Waals surface area contributed by atoms with Crippen molar-refractivity contribution in [2.75, 3.05) is 0 Å². The van der Waals surface area contributed by atoms with E-state index in [0.717, 1.165) is 23.4 Å². The van der Waals surface area contributed by atoms with Crippen LogP contribution in [0, 0.1) is 6.92 Å². The third-order valence-electron chi connectivity index (χ3n) is 3.34. The monoisotopic (exact) mass is 304 g/mol. The molecular weight excluding hydrogens is 288 g/mol. The number of aryl methyl sites for hydroxylation is 3. The quantitative estimate of drug-likeness (QED) is 0.798. The molecule has 0 spiro atoms. The van der Waals surface area contributed by atoms with E-state index in [9.17, 15) is 9.59 Å². The Bertz CT molecular complexity index is 722. The Morgan fingerprint density at radius 3 is 2.71 bits per heavy atom. The molecule has 21 heavy (non-hydrogen) atoms. The Morgan fingerprint density at radius 1 is 1.33 bits per heavy atom. The lowest BCUT2D eigenvalue weighted by Crippen LogP contribution is -2.20. The Hall–Kier alpha value is -1.94. The van der Waals surface area contributed by atoms with E-state index < -0.39 is 5.24 Å². The summed E-state index contributed by atoms with van der Waals surface area (Å²) in [5.41, 5.74) is 3.07. The molecule has 2 aromatic rings. The van der Waals surface area contributed by atoms with Gasteiger partial charge >= 0.3 is 0 Å². The van der Waals surface area contributed by atoms with Gasteiger partial charge in [0.15, 0.2) is 0 Å². The molecule has 0 bridgehead atoms. The molecular formula is C16H17ClN2O2. The summed E-state index contributed by atoms with van der Waals surface area (Å²) < 4.78 is 1.76. The fourth-order valence-electron chi connectivity index (χ4n) is 2.23. The van der Waals surface area contributed by atoms with E-state index in [1.54, 1.807) is 10.7 Å². The van der Waals surface area contributed by atoms with E-state index >= 15 is 0 Å². The number of halogens is 1. The van der Waals surface area contributed by atoms with E-state index in [4.69, 9.17) is 11.6 Å². The molecule has 0 fully saturated rings. The lowest BCUT2D eigenvalue weighted by atomic mass is 10.1. The van der Waals surface area contributed by atoms with E-state index in [1.807, 2.05) is 31.2 Å². The molecule has 0 saturated carbocycles.